The number of likely N-dealkylation sites (N-methyl/N-ethyl adjacent to an activating group) is 1. The molecule has 218 valence electrons. The molecule has 2 unspecified atom stereocenters. The molecule has 0 amide bonds. The van der Waals surface area contributed by atoms with Crippen molar-refractivity contribution >= 4 is 20.3 Å². The SMILES string of the molecule is CC(=O)O[C@@H]1C2=CC3=CC[C@]4(C)[C@@H](O[Si](C)(C)C(C)(C)C)CC[C@H]4C34CC[C@]2(CC(N(C)C)[C@H]1OC(C)=O)O4. The van der Waals surface area contributed by atoms with E-state index in [0.717, 1.165) is 37.7 Å². The third-order valence-corrected chi connectivity index (χ3v) is 15.7. The second-order valence-electron chi connectivity index (χ2n) is 14.8. The topological polar surface area (TPSA) is 74.3 Å². The predicted octanol–water partition coefficient (Wildman–Crippen LogP) is 5.55. The molecule has 3 aliphatic carbocycles. The maximum Gasteiger partial charge on any atom is 0.303 e. The maximum absolute atomic E-state index is 12.3. The molecule has 0 aromatic rings. The van der Waals surface area contributed by atoms with Crippen LogP contribution in [0.2, 0.25) is 18.1 Å². The van der Waals surface area contributed by atoms with Crippen molar-refractivity contribution in [3.05, 3.63) is 23.3 Å². The summed E-state index contributed by atoms with van der Waals surface area (Å²) in [4.78, 5) is 26.6. The Labute approximate surface area is 235 Å². The van der Waals surface area contributed by atoms with Gasteiger partial charge >= 0.3 is 11.9 Å². The van der Waals surface area contributed by atoms with Gasteiger partial charge < -0.3 is 23.5 Å². The number of hydrogen-bond donors (Lipinski definition) is 0. The van der Waals surface area contributed by atoms with Gasteiger partial charge in [0.1, 0.15) is 0 Å². The van der Waals surface area contributed by atoms with Gasteiger partial charge in [0, 0.05) is 30.8 Å². The van der Waals surface area contributed by atoms with Gasteiger partial charge in [0.15, 0.2) is 20.5 Å². The molecule has 2 heterocycles. The highest BCUT2D eigenvalue weighted by Crippen LogP contribution is 2.67. The van der Waals surface area contributed by atoms with Gasteiger partial charge in [0.2, 0.25) is 0 Å². The molecule has 0 radical (unpaired) electrons. The van der Waals surface area contributed by atoms with E-state index < -0.39 is 26.1 Å². The summed E-state index contributed by atoms with van der Waals surface area (Å²) in [6.07, 6.45) is 9.20. The highest BCUT2D eigenvalue weighted by Gasteiger charge is 2.69. The number of ether oxygens (including phenoxy) is 3. The molecule has 5 rings (SSSR count). The van der Waals surface area contributed by atoms with Crippen LogP contribution in [-0.2, 0) is 28.2 Å². The number of nitrogens with zero attached hydrogens (tertiary/aromatic N) is 1. The Hall–Kier alpha value is -1.48. The zero-order valence-electron chi connectivity index (χ0n) is 25.7. The lowest BCUT2D eigenvalue weighted by Crippen LogP contribution is -2.63. The fourth-order valence-corrected chi connectivity index (χ4v) is 9.65. The molecule has 8 heteroatoms. The van der Waals surface area contributed by atoms with E-state index in [2.05, 4.69) is 57.8 Å². The smallest absolute Gasteiger partial charge is 0.303 e. The first-order valence-electron chi connectivity index (χ1n) is 14.8. The van der Waals surface area contributed by atoms with Gasteiger partial charge in [-0.1, -0.05) is 39.8 Å². The normalized spacial score (nSPS) is 41.3. The minimum absolute atomic E-state index is 0.0150. The van der Waals surface area contributed by atoms with Crippen molar-refractivity contribution < 1.29 is 28.2 Å². The lowest BCUT2D eigenvalue weighted by Gasteiger charge is -2.56. The van der Waals surface area contributed by atoms with Crippen molar-refractivity contribution in [2.45, 2.75) is 134 Å². The molecule has 7 nitrogen and oxygen atoms in total. The third kappa shape index (κ3) is 4.39. The number of carbonyl (C=O) groups excluding carboxylic acids is 2. The van der Waals surface area contributed by atoms with E-state index >= 15 is 0 Å². The van der Waals surface area contributed by atoms with Crippen LogP contribution in [-0.4, -0.2) is 74.8 Å². The quantitative estimate of drug-likeness (QED) is 0.323. The standard InChI is InChI=1S/C31H49NO6Si/c1-19(33)35-26-22-17-21-13-14-29(6)24(11-12-25(29)37-39(9,10)28(3,4)5)31(21)16-15-30(22,38-31)18-23(32(7)8)27(26)36-20(2)34/h13,17,23-27H,11-12,14-16,18H2,1-10H3/t23?,24-,25+,26-,27-,29+,30-,31?/m1/s1. The Kier molecular flexibility index (Phi) is 6.89. The summed E-state index contributed by atoms with van der Waals surface area (Å²) in [6, 6.07) is -0.135. The molecule has 8 atom stereocenters. The Morgan fingerprint density at radius 1 is 1.08 bits per heavy atom. The van der Waals surface area contributed by atoms with Crippen LogP contribution < -0.4 is 0 Å². The van der Waals surface area contributed by atoms with Crippen LogP contribution in [0.25, 0.3) is 0 Å². The fourth-order valence-electron chi connectivity index (χ4n) is 8.19. The number of carbonyl (C=O) groups is 2. The van der Waals surface area contributed by atoms with E-state index in [4.69, 9.17) is 18.6 Å². The van der Waals surface area contributed by atoms with Crippen molar-refractivity contribution in [3.8, 4) is 0 Å². The number of esters is 2. The van der Waals surface area contributed by atoms with Gasteiger partial charge in [0.05, 0.1) is 23.3 Å². The molecular formula is C31H49NO6Si. The van der Waals surface area contributed by atoms with Crippen molar-refractivity contribution in [1.82, 2.24) is 4.90 Å². The lowest BCUT2D eigenvalue weighted by molar-refractivity contribution is -0.192. The molecule has 2 bridgehead atoms. The first-order chi connectivity index (χ1) is 18.0. The zero-order valence-corrected chi connectivity index (χ0v) is 26.7. The number of rotatable bonds is 5. The first kappa shape index (κ1) is 29.0. The fraction of sp³-hybridized carbons (Fsp3) is 0.806. The van der Waals surface area contributed by atoms with E-state index in [9.17, 15) is 9.59 Å². The van der Waals surface area contributed by atoms with Gasteiger partial charge in [-0.3, -0.25) is 9.59 Å². The summed E-state index contributed by atoms with van der Waals surface area (Å²) in [5.41, 5.74) is 1.29. The summed E-state index contributed by atoms with van der Waals surface area (Å²) >= 11 is 0. The number of hydrogen-bond acceptors (Lipinski definition) is 7. The minimum Gasteiger partial charge on any atom is -0.457 e. The van der Waals surface area contributed by atoms with E-state index in [1.54, 1.807) is 0 Å². The van der Waals surface area contributed by atoms with Gasteiger partial charge in [-0.2, -0.15) is 0 Å². The molecular weight excluding hydrogens is 510 g/mol. The van der Waals surface area contributed by atoms with E-state index in [0.29, 0.717) is 12.3 Å². The monoisotopic (exact) mass is 559 g/mol. The Morgan fingerprint density at radius 3 is 2.33 bits per heavy atom. The summed E-state index contributed by atoms with van der Waals surface area (Å²) in [5.74, 6) is -0.383. The summed E-state index contributed by atoms with van der Waals surface area (Å²) < 4.78 is 26.3. The molecule has 1 saturated heterocycles. The maximum atomic E-state index is 12.3. The molecule has 3 fully saturated rings. The Morgan fingerprint density at radius 2 is 1.74 bits per heavy atom. The van der Waals surface area contributed by atoms with Crippen LogP contribution in [0.4, 0.5) is 0 Å². The average Bonchev–Trinajstić information content (AvgIpc) is 3.29. The summed E-state index contributed by atoms with van der Waals surface area (Å²) in [7, 11) is 2.06. The van der Waals surface area contributed by atoms with Crippen molar-refractivity contribution in [2.75, 3.05) is 14.1 Å². The molecule has 2 saturated carbocycles. The third-order valence-electron chi connectivity index (χ3n) is 11.2. The second kappa shape index (κ2) is 9.26. The van der Waals surface area contributed by atoms with Crippen molar-refractivity contribution in [2.24, 2.45) is 11.3 Å². The van der Waals surface area contributed by atoms with Crippen LogP contribution in [0.15, 0.2) is 23.3 Å². The van der Waals surface area contributed by atoms with Crippen LogP contribution in [0.3, 0.4) is 0 Å². The summed E-state index contributed by atoms with van der Waals surface area (Å²) in [5, 5.41) is 0.166. The van der Waals surface area contributed by atoms with Crippen LogP contribution in [0.1, 0.15) is 80.1 Å². The van der Waals surface area contributed by atoms with Crippen LogP contribution in [0.5, 0.6) is 0 Å². The molecule has 0 aromatic carbocycles. The van der Waals surface area contributed by atoms with E-state index in [1.807, 2.05) is 14.1 Å². The van der Waals surface area contributed by atoms with Gasteiger partial charge in [-0.15, -0.1) is 0 Å². The van der Waals surface area contributed by atoms with Crippen molar-refractivity contribution in [3.63, 3.8) is 0 Å². The van der Waals surface area contributed by atoms with Crippen LogP contribution >= 0.6 is 0 Å². The average molecular weight is 560 g/mol. The molecule has 2 aliphatic heterocycles. The molecule has 39 heavy (non-hydrogen) atoms. The molecule has 2 spiro atoms. The van der Waals surface area contributed by atoms with Gasteiger partial charge in [0.25, 0.3) is 0 Å². The highest BCUT2D eigenvalue weighted by molar-refractivity contribution is 6.74. The van der Waals surface area contributed by atoms with E-state index in [-0.39, 0.29) is 40.1 Å². The number of allylic oxidation sites excluding steroid dienone is 1. The molecule has 0 N–H and O–H groups in total. The molecule has 5 aliphatic rings. The van der Waals surface area contributed by atoms with Crippen LogP contribution in [0, 0.1) is 11.3 Å². The predicted molar refractivity (Wildman–Crippen MR) is 153 cm³/mol. The Balaban J connectivity index is 1.56. The summed E-state index contributed by atoms with van der Waals surface area (Å²) in [6.45, 7) is 16.9. The van der Waals surface area contributed by atoms with Gasteiger partial charge in [-0.25, -0.2) is 0 Å². The second-order valence-corrected chi connectivity index (χ2v) is 19.5. The van der Waals surface area contributed by atoms with Gasteiger partial charge in [-0.05, 0) is 76.3 Å². The van der Waals surface area contributed by atoms with E-state index in [1.165, 1.54) is 19.4 Å². The Bertz CT molecular complexity index is 1110. The first-order valence-corrected chi connectivity index (χ1v) is 17.7. The van der Waals surface area contributed by atoms with Crippen molar-refractivity contribution in [1.29, 1.82) is 0 Å². The zero-order chi connectivity index (χ0) is 28.8. The minimum atomic E-state index is -1.93. The highest BCUT2D eigenvalue weighted by atomic mass is 28.4. The largest absolute Gasteiger partial charge is 0.457 e. The lowest BCUT2D eigenvalue weighted by atomic mass is 9.60. The number of fused-ring (bicyclic) bond motifs is 1. The molecule has 0 aromatic heterocycles.